The van der Waals surface area contributed by atoms with Crippen LogP contribution in [-0.2, 0) is 0 Å². The minimum Gasteiger partial charge on any atom is -0.368 e. The van der Waals surface area contributed by atoms with Gasteiger partial charge in [0, 0.05) is 25.3 Å². The molecule has 31 heavy (non-hydrogen) atoms. The van der Waals surface area contributed by atoms with Crippen LogP contribution in [0.25, 0.3) is 5.69 Å². The van der Waals surface area contributed by atoms with Crippen LogP contribution in [0.3, 0.4) is 0 Å². The number of hydrogen-bond donors (Lipinski definition) is 1. The average molecular weight is 437 g/mol. The molecule has 2 aromatic heterocycles. The van der Waals surface area contributed by atoms with Crippen LogP contribution >= 0.6 is 11.6 Å². The van der Waals surface area contributed by atoms with Gasteiger partial charge in [-0.25, -0.2) is 4.98 Å². The molecule has 1 saturated heterocycles. The zero-order valence-corrected chi connectivity index (χ0v) is 18.2. The number of likely N-dealkylation sites (tertiary alicyclic amines) is 1. The highest BCUT2D eigenvalue weighted by Gasteiger charge is 2.49. The van der Waals surface area contributed by atoms with Gasteiger partial charge in [-0.3, -0.25) is 4.79 Å². The Kier molecular flexibility index (Phi) is 5.14. The second-order valence-electron chi connectivity index (χ2n) is 8.69. The number of anilines is 1. The largest absolute Gasteiger partial charge is 0.368 e. The van der Waals surface area contributed by atoms with Gasteiger partial charge in [0.15, 0.2) is 0 Å². The van der Waals surface area contributed by atoms with Crippen LogP contribution in [0.4, 0.5) is 5.82 Å². The molecule has 1 aliphatic carbocycles. The number of rotatable bonds is 5. The lowest BCUT2D eigenvalue weighted by Crippen LogP contribution is -2.50. The highest BCUT2D eigenvalue weighted by Crippen LogP contribution is 2.55. The predicted octanol–water partition coefficient (Wildman–Crippen LogP) is 4.12. The van der Waals surface area contributed by atoms with Crippen LogP contribution in [0.1, 0.15) is 41.6 Å². The summed E-state index contributed by atoms with van der Waals surface area (Å²) < 4.78 is 0. The number of aryl methyl sites for hydroxylation is 1. The van der Waals surface area contributed by atoms with Crippen LogP contribution in [0, 0.1) is 12.3 Å². The van der Waals surface area contributed by atoms with E-state index in [1.165, 1.54) is 17.6 Å². The normalized spacial score (nSPS) is 19.4. The van der Waals surface area contributed by atoms with E-state index in [0.29, 0.717) is 28.2 Å². The summed E-state index contributed by atoms with van der Waals surface area (Å²) >= 11 is 5.95. The Bertz CT molecular complexity index is 1080. The van der Waals surface area contributed by atoms with Crippen molar-refractivity contribution in [2.45, 2.75) is 38.6 Å². The Morgan fingerprint density at radius 1 is 1.19 bits per heavy atom. The van der Waals surface area contributed by atoms with Crippen LogP contribution in [-0.4, -0.2) is 49.9 Å². The molecule has 8 heteroatoms. The van der Waals surface area contributed by atoms with Crippen molar-refractivity contribution >= 4 is 23.3 Å². The fourth-order valence-corrected chi connectivity index (χ4v) is 4.64. The molecule has 2 fully saturated rings. The Hall–Kier alpha value is -2.93. The highest BCUT2D eigenvalue weighted by atomic mass is 35.5. The Labute approximate surface area is 186 Å². The maximum absolute atomic E-state index is 13.8. The number of hydrogen-bond acceptors (Lipinski definition) is 5. The van der Waals surface area contributed by atoms with Gasteiger partial charge in [-0.2, -0.15) is 15.0 Å². The van der Waals surface area contributed by atoms with Crippen molar-refractivity contribution in [1.29, 1.82) is 0 Å². The van der Waals surface area contributed by atoms with Crippen LogP contribution in [0.2, 0.25) is 5.02 Å². The summed E-state index contributed by atoms with van der Waals surface area (Å²) in [5, 5.41) is 12.5. The number of pyridine rings is 1. The predicted molar refractivity (Wildman–Crippen MR) is 120 cm³/mol. The fraction of sp³-hybridized carbons (Fsp3) is 0.391. The Balaban J connectivity index is 1.41. The summed E-state index contributed by atoms with van der Waals surface area (Å²) in [6.45, 7) is 3.42. The third kappa shape index (κ3) is 4.14. The minimum atomic E-state index is 0.0300. The Morgan fingerprint density at radius 2 is 2.00 bits per heavy atom. The molecule has 1 unspecified atom stereocenters. The van der Waals surface area contributed by atoms with Gasteiger partial charge in [-0.15, -0.1) is 0 Å². The molecule has 3 heterocycles. The molecular weight excluding hydrogens is 412 g/mol. The zero-order valence-electron chi connectivity index (χ0n) is 17.5. The van der Waals surface area contributed by atoms with Crippen LogP contribution in [0.5, 0.6) is 0 Å². The smallest absolute Gasteiger partial charge is 0.256 e. The molecule has 1 amide bonds. The molecule has 5 rings (SSSR count). The molecule has 0 radical (unpaired) electrons. The first-order valence-corrected chi connectivity index (χ1v) is 11.0. The standard InChI is InChI=1S/C23H25ClN6O/c1-16-2-4-20(30-27-9-10-28-30)19(12-16)22(31)29-11-8-23(6-7-23)13-18(29)15-26-21-5-3-17(24)14-25-21/h2-5,9-10,12,14,18H,6-8,11,13,15H2,1H3,(H,25,26). The van der Waals surface area contributed by atoms with E-state index in [2.05, 4.69) is 20.5 Å². The van der Waals surface area contributed by atoms with Crippen LogP contribution < -0.4 is 5.32 Å². The first-order valence-electron chi connectivity index (χ1n) is 10.7. The summed E-state index contributed by atoms with van der Waals surface area (Å²) in [5.41, 5.74) is 2.79. The number of piperidine rings is 1. The molecule has 0 bridgehead atoms. The molecule has 7 nitrogen and oxygen atoms in total. The maximum Gasteiger partial charge on any atom is 0.256 e. The lowest BCUT2D eigenvalue weighted by molar-refractivity contribution is 0.0545. The number of halogens is 1. The highest BCUT2D eigenvalue weighted by molar-refractivity contribution is 6.30. The zero-order chi connectivity index (χ0) is 21.4. The molecule has 1 aliphatic heterocycles. The minimum absolute atomic E-state index is 0.0300. The van der Waals surface area contributed by atoms with Gasteiger partial charge in [0.2, 0.25) is 0 Å². The number of nitrogens with one attached hydrogen (secondary N) is 1. The van der Waals surface area contributed by atoms with E-state index in [0.717, 1.165) is 30.8 Å². The number of carbonyl (C=O) groups excluding carboxylic acids is 1. The molecule has 1 atom stereocenters. The molecule has 160 valence electrons. The van der Waals surface area contributed by atoms with E-state index in [1.54, 1.807) is 18.6 Å². The molecule has 1 spiro atoms. The molecule has 3 aromatic rings. The fourth-order valence-electron chi connectivity index (χ4n) is 4.53. The molecule has 1 aromatic carbocycles. The van der Waals surface area contributed by atoms with E-state index < -0.39 is 0 Å². The van der Waals surface area contributed by atoms with Gasteiger partial charge < -0.3 is 10.2 Å². The van der Waals surface area contributed by atoms with Crippen molar-refractivity contribution in [2.75, 3.05) is 18.4 Å². The van der Waals surface area contributed by atoms with Gasteiger partial charge in [-0.05, 0) is 62.3 Å². The quantitative estimate of drug-likeness (QED) is 0.651. The number of nitrogens with zero attached hydrogens (tertiary/aromatic N) is 5. The summed E-state index contributed by atoms with van der Waals surface area (Å²) in [7, 11) is 0. The van der Waals surface area contributed by atoms with Gasteiger partial charge in [0.05, 0.1) is 28.7 Å². The molecular formula is C23H25ClN6O. The van der Waals surface area contributed by atoms with Crippen molar-refractivity contribution in [2.24, 2.45) is 5.41 Å². The number of benzene rings is 1. The summed E-state index contributed by atoms with van der Waals surface area (Å²) in [6, 6.07) is 9.62. The lowest BCUT2D eigenvalue weighted by Gasteiger charge is -2.40. The number of aromatic nitrogens is 4. The maximum atomic E-state index is 13.8. The second kappa shape index (κ2) is 7.96. The summed E-state index contributed by atoms with van der Waals surface area (Å²) in [6.07, 6.45) is 9.48. The van der Waals surface area contributed by atoms with Crippen molar-refractivity contribution in [3.63, 3.8) is 0 Å². The van der Waals surface area contributed by atoms with Crippen molar-refractivity contribution in [1.82, 2.24) is 24.9 Å². The van der Waals surface area contributed by atoms with Gasteiger partial charge in [-0.1, -0.05) is 23.2 Å². The SMILES string of the molecule is Cc1ccc(-n2nccn2)c(C(=O)N2CCC3(CC3)CC2CNc2ccc(Cl)cn2)c1. The summed E-state index contributed by atoms with van der Waals surface area (Å²) in [5.74, 6) is 0.798. The first-order chi connectivity index (χ1) is 15.0. The third-order valence-electron chi connectivity index (χ3n) is 6.47. The second-order valence-corrected chi connectivity index (χ2v) is 9.12. The third-order valence-corrected chi connectivity index (χ3v) is 6.70. The molecule has 1 saturated carbocycles. The van der Waals surface area contributed by atoms with E-state index in [4.69, 9.17) is 11.6 Å². The van der Waals surface area contributed by atoms with Crippen LogP contribution in [0.15, 0.2) is 48.9 Å². The first kappa shape index (κ1) is 20.0. The molecule has 1 N–H and O–H groups in total. The van der Waals surface area contributed by atoms with Crippen molar-refractivity contribution < 1.29 is 4.79 Å². The van der Waals surface area contributed by atoms with Gasteiger partial charge in [0.25, 0.3) is 5.91 Å². The van der Waals surface area contributed by atoms with Gasteiger partial charge >= 0.3 is 0 Å². The van der Waals surface area contributed by atoms with E-state index in [-0.39, 0.29) is 11.9 Å². The summed E-state index contributed by atoms with van der Waals surface area (Å²) in [4.78, 5) is 21.6. The van der Waals surface area contributed by atoms with E-state index in [9.17, 15) is 4.79 Å². The van der Waals surface area contributed by atoms with Gasteiger partial charge in [0.1, 0.15) is 5.82 Å². The number of amides is 1. The lowest BCUT2D eigenvalue weighted by atomic mass is 9.87. The Morgan fingerprint density at radius 3 is 2.71 bits per heavy atom. The van der Waals surface area contributed by atoms with Crippen molar-refractivity contribution in [3.8, 4) is 5.69 Å². The van der Waals surface area contributed by atoms with Crippen molar-refractivity contribution in [3.05, 3.63) is 65.1 Å². The average Bonchev–Trinajstić information content (AvgIpc) is 3.29. The number of carbonyl (C=O) groups is 1. The monoisotopic (exact) mass is 436 g/mol. The topological polar surface area (TPSA) is 75.9 Å². The van der Waals surface area contributed by atoms with E-state index in [1.807, 2.05) is 42.2 Å². The van der Waals surface area contributed by atoms with E-state index >= 15 is 0 Å². The molecule has 2 aliphatic rings.